The van der Waals surface area contributed by atoms with Crippen LogP contribution in [-0.2, 0) is 11.3 Å². The number of hydrogen-bond donors (Lipinski definition) is 0. The van der Waals surface area contributed by atoms with Crippen molar-refractivity contribution < 1.29 is 9.21 Å². The molecule has 4 rings (SSSR count). The van der Waals surface area contributed by atoms with Crippen molar-refractivity contribution in [2.75, 3.05) is 11.2 Å². The summed E-state index contributed by atoms with van der Waals surface area (Å²) >= 11 is 3.16. The SMILES string of the molecule is CSc1cccc2sc(N(Cc3ccco3)C(=O)/C=C/c3ccccc3)nc12. The van der Waals surface area contributed by atoms with E-state index < -0.39 is 0 Å². The summed E-state index contributed by atoms with van der Waals surface area (Å²) in [5.74, 6) is 0.579. The highest BCUT2D eigenvalue weighted by Crippen LogP contribution is 2.34. The Labute approximate surface area is 171 Å². The van der Waals surface area contributed by atoms with Crippen LogP contribution in [0.4, 0.5) is 5.13 Å². The first-order valence-corrected chi connectivity index (χ1v) is 10.8. The van der Waals surface area contributed by atoms with Crippen LogP contribution in [0.5, 0.6) is 0 Å². The van der Waals surface area contributed by atoms with Gasteiger partial charge in [-0.25, -0.2) is 4.98 Å². The van der Waals surface area contributed by atoms with Crippen LogP contribution in [0.2, 0.25) is 0 Å². The van der Waals surface area contributed by atoms with Crippen LogP contribution in [0, 0.1) is 0 Å². The van der Waals surface area contributed by atoms with E-state index in [2.05, 4.69) is 0 Å². The molecular formula is C22H18N2O2S2. The maximum atomic E-state index is 13.0. The van der Waals surface area contributed by atoms with E-state index in [-0.39, 0.29) is 5.91 Å². The van der Waals surface area contributed by atoms with Gasteiger partial charge in [-0.3, -0.25) is 9.69 Å². The molecule has 4 aromatic rings. The number of rotatable bonds is 6. The predicted octanol–water partition coefficient (Wildman–Crippen LogP) is 5.86. The number of carbonyl (C=O) groups is 1. The average molecular weight is 407 g/mol. The lowest BCUT2D eigenvalue weighted by molar-refractivity contribution is -0.114. The van der Waals surface area contributed by atoms with E-state index in [4.69, 9.17) is 9.40 Å². The summed E-state index contributed by atoms with van der Waals surface area (Å²) in [6.45, 7) is 0.333. The predicted molar refractivity (Wildman–Crippen MR) is 117 cm³/mol. The quantitative estimate of drug-likeness (QED) is 0.297. The van der Waals surface area contributed by atoms with Crippen molar-refractivity contribution in [2.45, 2.75) is 11.4 Å². The lowest BCUT2D eigenvalue weighted by Gasteiger charge is -2.16. The van der Waals surface area contributed by atoms with E-state index in [0.717, 1.165) is 20.7 Å². The number of nitrogens with zero attached hydrogens (tertiary/aromatic N) is 2. The highest BCUT2D eigenvalue weighted by Gasteiger charge is 2.20. The monoisotopic (exact) mass is 406 g/mol. The maximum absolute atomic E-state index is 13.0. The summed E-state index contributed by atoms with van der Waals surface area (Å²) in [7, 11) is 0. The van der Waals surface area contributed by atoms with Crippen molar-refractivity contribution in [3.05, 3.63) is 84.3 Å². The molecule has 0 atom stereocenters. The summed E-state index contributed by atoms with van der Waals surface area (Å²) in [5.41, 5.74) is 1.90. The number of fused-ring (bicyclic) bond motifs is 1. The van der Waals surface area contributed by atoms with Crippen LogP contribution >= 0.6 is 23.1 Å². The summed E-state index contributed by atoms with van der Waals surface area (Å²) in [5, 5.41) is 0.663. The van der Waals surface area contributed by atoms with Gasteiger partial charge < -0.3 is 4.42 Å². The van der Waals surface area contributed by atoms with Crippen LogP contribution in [0.15, 0.2) is 82.3 Å². The van der Waals surface area contributed by atoms with Crippen LogP contribution in [0.1, 0.15) is 11.3 Å². The van der Waals surface area contributed by atoms with Gasteiger partial charge in [0.2, 0.25) is 0 Å². The number of benzene rings is 2. The maximum Gasteiger partial charge on any atom is 0.253 e. The lowest BCUT2D eigenvalue weighted by atomic mass is 10.2. The highest BCUT2D eigenvalue weighted by atomic mass is 32.2. The average Bonchev–Trinajstić information content (AvgIpc) is 3.40. The molecule has 2 aromatic carbocycles. The molecule has 0 aliphatic carbocycles. The third kappa shape index (κ3) is 4.03. The van der Waals surface area contributed by atoms with Gasteiger partial charge in [-0.05, 0) is 42.2 Å². The smallest absolute Gasteiger partial charge is 0.253 e. The second kappa shape index (κ2) is 8.46. The lowest BCUT2D eigenvalue weighted by Crippen LogP contribution is -2.28. The molecule has 28 heavy (non-hydrogen) atoms. The zero-order valence-electron chi connectivity index (χ0n) is 15.2. The molecule has 0 aliphatic heterocycles. The first-order valence-electron chi connectivity index (χ1n) is 8.75. The molecule has 0 aliphatic rings. The van der Waals surface area contributed by atoms with Gasteiger partial charge in [0, 0.05) is 11.0 Å². The van der Waals surface area contributed by atoms with E-state index in [1.54, 1.807) is 29.0 Å². The number of anilines is 1. The Kier molecular flexibility index (Phi) is 5.60. The van der Waals surface area contributed by atoms with Gasteiger partial charge in [0.05, 0.1) is 23.0 Å². The standard InChI is InChI=1S/C22H18N2O2S2/c1-27-18-10-5-11-19-21(18)23-22(28-19)24(15-17-9-6-14-26-17)20(25)13-12-16-7-3-2-4-8-16/h2-14H,15H2,1H3/b13-12+. The summed E-state index contributed by atoms with van der Waals surface area (Å²) in [4.78, 5) is 20.6. The normalized spacial score (nSPS) is 11.3. The van der Waals surface area contributed by atoms with E-state index >= 15 is 0 Å². The van der Waals surface area contributed by atoms with Crippen LogP contribution in [-0.4, -0.2) is 17.1 Å². The fourth-order valence-electron chi connectivity index (χ4n) is 2.81. The van der Waals surface area contributed by atoms with Gasteiger partial charge in [-0.15, -0.1) is 11.8 Å². The van der Waals surface area contributed by atoms with Crippen LogP contribution in [0.3, 0.4) is 0 Å². The van der Waals surface area contributed by atoms with Crippen molar-refractivity contribution in [3.63, 3.8) is 0 Å². The van der Waals surface area contributed by atoms with Crippen molar-refractivity contribution >= 4 is 50.4 Å². The minimum absolute atomic E-state index is 0.134. The van der Waals surface area contributed by atoms with Crippen molar-refractivity contribution in [2.24, 2.45) is 0 Å². The Morgan fingerprint density at radius 3 is 2.75 bits per heavy atom. The van der Waals surface area contributed by atoms with Crippen LogP contribution < -0.4 is 4.90 Å². The second-order valence-corrected chi connectivity index (χ2v) is 7.91. The minimum Gasteiger partial charge on any atom is -0.467 e. The summed E-state index contributed by atoms with van der Waals surface area (Å²) in [6, 6.07) is 19.5. The van der Waals surface area contributed by atoms with Gasteiger partial charge in [-0.2, -0.15) is 0 Å². The second-order valence-electron chi connectivity index (χ2n) is 6.05. The number of amides is 1. The Bertz CT molecular complexity index is 1100. The van der Waals surface area contributed by atoms with E-state index in [0.29, 0.717) is 17.4 Å². The molecule has 0 spiro atoms. The van der Waals surface area contributed by atoms with E-state index in [9.17, 15) is 4.79 Å². The zero-order valence-corrected chi connectivity index (χ0v) is 16.9. The first kappa shape index (κ1) is 18.5. The third-order valence-electron chi connectivity index (χ3n) is 4.20. The minimum atomic E-state index is -0.134. The van der Waals surface area contributed by atoms with Crippen molar-refractivity contribution in [3.8, 4) is 0 Å². The number of hydrogen-bond acceptors (Lipinski definition) is 5. The fraction of sp³-hybridized carbons (Fsp3) is 0.0909. The molecule has 2 aromatic heterocycles. The largest absolute Gasteiger partial charge is 0.467 e. The molecule has 140 valence electrons. The van der Waals surface area contributed by atoms with Gasteiger partial charge >= 0.3 is 0 Å². The Hall–Kier alpha value is -2.83. The van der Waals surface area contributed by atoms with Gasteiger partial charge in [0.25, 0.3) is 5.91 Å². The molecule has 0 N–H and O–H groups in total. The molecular weight excluding hydrogens is 388 g/mol. The van der Waals surface area contributed by atoms with E-state index in [1.807, 2.05) is 73.0 Å². The summed E-state index contributed by atoms with van der Waals surface area (Å²) in [6.07, 6.45) is 7.04. The molecule has 2 heterocycles. The van der Waals surface area contributed by atoms with Crippen LogP contribution in [0.25, 0.3) is 16.3 Å². The molecule has 0 radical (unpaired) electrons. The molecule has 0 saturated heterocycles. The Morgan fingerprint density at radius 2 is 2.00 bits per heavy atom. The van der Waals surface area contributed by atoms with E-state index in [1.165, 1.54) is 11.3 Å². The Morgan fingerprint density at radius 1 is 1.14 bits per heavy atom. The number of thioether (sulfide) groups is 1. The molecule has 6 heteroatoms. The third-order valence-corrected chi connectivity index (χ3v) is 6.01. The molecule has 4 nitrogen and oxygen atoms in total. The first-order chi connectivity index (χ1) is 13.7. The number of aromatic nitrogens is 1. The number of thiazole rings is 1. The fourth-order valence-corrected chi connectivity index (χ4v) is 4.44. The molecule has 0 unspecified atom stereocenters. The Balaban J connectivity index is 1.69. The number of para-hydroxylation sites is 1. The van der Waals surface area contributed by atoms with Crippen molar-refractivity contribution in [1.29, 1.82) is 0 Å². The topological polar surface area (TPSA) is 46.3 Å². The number of carbonyl (C=O) groups excluding carboxylic acids is 1. The van der Waals surface area contributed by atoms with Gasteiger partial charge in [-0.1, -0.05) is 47.7 Å². The zero-order chi connectivity index (χ0) is 19.3. The van der Waals surface area contributed by atoms with Crippen molar-refractivity contribution in [1.82, 2.24) is 4.98 Å². The van der Waals surface area contributed by atoms with Gasteiger partial charge in [0.1, 0.15) is 5.76 Å². The molecule has 0 saturated carbocycles. The van der Waals surface area contributed by atoms with Gasteiger partial charge in [0.15, 0.2) is 5.13 Å². The molecule has 0 fully saturated rings. The summed E-state index contributed by atoms with van der Waals surface area (Å²) < 4.78 is 6.53. The highest BCUT2D eigenvalue weighted by molar-refractivity contribution is 7.98. The molecule has 0 bridgehead atoms. The molecule has 1 amide bonds. The number of furan rings is 1.